The van der Waals surface area contributed by atoms with Gasteiger partial charge in [-0.15, -0.1) is 0 Å². The maximum absolute atomic E-state index is 11.6. The number of carbonyl (C=O) groups excluding carboxylic acids is 4. The van der Waals surface area contributed by atoms with E-state index in [9.17, 15) is 19.2 Å². The van der Waals surface area contributed by atoms with Crippen LogP contribution < -0.4 is 10.6 Å². The Morgan fingerprint density at radius 2 is 1.43 bits per heavy atom. The van der Waals surface area contributed by atoms with E-state index >= 15 is 0 Å². The molecule has 8 nitrogen and oxygen atoms in total. The minimum atomic E-state index is -0.637. The first-order valence-electron chi connectivity index (χ1n) is 10.3. The third-order valence-corrected chi connectivity index (χ3v) is 4.51. The summed E-state index contributed by atoms with van der Waals surface area (Å²) in [6.07, 6.45) is 8.76. The Balaban J connectivity index is 1.83. The molecule has 1 saturated heterocycles. The normalized spacial score (nSPS) is 16.0. The fourth-order valence-electron chi connectivity index (χ4n) is 2.79. The summed E-state index contributed by atoms with van der Waals surface area (Å²) in [4.78, 5) is 45.2. The van der Waals surface area contributed by atoms with Crippen LogP contribution in [0.4, 0.5) is 4.79 Å². The molecule has 3 amide bonds. The van der Waals surface area contributed by atoms with Gasteiger partial charge in [-0.25, -0.2) is 4.79 Å². The molecule has 0 aliphatic carbocycles. The fraction of sp³-hybridized carbons (Fsp3) is 0.800. The predicted octanol–water partition coefficient (Wildman–Crippen LogP) is 2.84. The van der Waals surface area contributed by atoms with E-state index in [2.05, 4.69) is 10.6 Å². The Bertz CT molecular complexity index is 521. The third-order valence-electron chi connectivity index (χ3n) is 4.51. The number of nitrogens with one attached hydrogen (secondary N) is 2. The minimum absolute atomic E-state index is 0.0595. The van der Waals surface area contributed by atoms with E-state index in [-0.39, 0.29) is 30.7 Å². The number of ether oxygens (including phenoxy) is 2. The van der Waals surface area contributed by atoms with Gasteiger partial charge in [-0.1, -0.05) is 52.4 Å². The van der Waals surface area contributed by atoms with Crippen molar-refractivity contribution in [2.45, 2.75) is 84.1 Å². The van der Waals surface area contributed by atoms with Gasteiger partial charge in [0, 0.05) is 6.42 Å². The van der Waals surface area contributed by atoms with Gasteiger partial charge in [0.15, 0.2) is 0 Å². The van der Waals surface area contributed by atoms with Crippen molar-refractivity contribution in [3.63, 3.8) is 0 Å². The van der Waals surface area contributed by atoms with E-state index in [1.807, 2.05) is 13.8 Å². The lowest BCUT2D eigenvalue weighted by atomic mass is 10.1. The minimum Gasteiger partial charge on any atom is -0.466 e. The van der Waals surface area contributed by atoms with E-state index in [0.29, 0.717) is 13.2 Å². The molecule has 0 radical (unpaired) electrons. The highest BCUT2D eigenvalue weighted by Gasteiger charge is 2.29. The van der Waals surface area contributed by atoms with Gasteiger partial charge >= 0.3 is 18.0 Å². The van der Waals surface area contributed by atoms with Crippen LogP contribution in [0.3, 0.4) is 0 Å². The molecule has 0 spiro atoms. The SMILES string of the molecule is CC(C)C(=O)OCCCCCCCCCCOC(=O)CCC1NC(=O)NC1=O. The van der Waals surface area contributed by atoms with Crippen LogP contribution in [-0.2, 0) is 23.9 Å². The number of carbonyl (C=O) groups is 4. The van der Waals surface area contributed by atoms with Gasteiger partial charge in [-0.2, -0.15) is 0 Å². The number of rotatable bonds is 15. The number of urea groups is 1. The van der Waals surface area contributed by atoms with Gasteiger partial charge in [-0.05, 0) is 19.3 Å². The summed E-state index contributed by atoms with van der Waals surface area (Å²) in [5, 5.41) is 4.58. The zero-order valence-electron chi connectivity index (χ0n) is 17.1. The second kappa shape index (κ2) is 14.0. The highest BCUT2D eigenvalue weighted by molar-refractivity contribution is 6.04. The Morgan fingerprint density at radius 1 is 0.893 bits per heavy atom. The lowest BCUT2D eigenvalue weighted by Crippen LogP contribution is -2.29. The second-order valence-electron chi connectivity index (χ2n) is 7.43. The summed E-state index contributed by atoms with van der Waals surface area (Å²) < 4.78 is 10.3. The average Bonchev–Trinajstić information content (AvgIpc) is 2.97. The topological polar surface area (TPSA) is 111 Å². The molecule has 1 atom stereocenters. The summed E-state index contributed by atoms with van der Waals surface area (Å²) in [6.45, 7) is 4.57. The molecule has 160 valence electrons. The van der Waals surface area contributed by atoms with Gasteiger partial charge in [0.05, 0.1) is 19.1 Å². The summed E-state index contributed by atoms with van der Waals surface area (Å²) >= 11 is 0. The Morgan fingerprint density at radius 3 is 1.93 bits per heavy atom. The van der Waals surface area contributed by atoms with Gasteiger partial charge in [0.2, 0.25) is 0 Å². The number of hydrogen-bond acceptors (Lipinski definition) is 6. The molecule has 1 aliphatic rings. The summed E-state index contributed by atoms with van der Waals surface area (Å²) in [7, 11) is 0. The number of imide groups is 1. The van der Waals surface area contributed by atoms with Crippen molar-refractivity contribution in [3.05, 3.63) is 0 Å². The third kappa shape index (κ3) is 10.9. The zero-order valence-corrected chi connectivity index (χ0v) is 17.1. The van der Waals surface area contributed by atoms with Crippen LogP contribution in [0, 0.1) is 5.92 Å². The van der Waals surface area contributed by atoms with Crippen molar-refractivity contribution in [1.29, 1.82) is 0 Å². The molecule has 2 N–H and O–H groups in total. The molecule has 1 unspecified atom stereocenters. The fourth-order valence-corrected chi connectivity index (χ4v) is 2.79. The lowest BCUT2D eigenvalue weighted by Gasteiger charge is -2.08. The number of unbranched alkanes of at least 4 members (excludes halogenated alkanes) is 7. The van der Waals surface area contributed by atoms with Gasteiger partial charge in [0.25, 0.3) is 5.91 Å². The Hall–Kier alpha value is -2.12. The first kappa shape index (κ1) is 23.9. The van der Waals surface area contributed by atoms with E-state index < -0.39 is 18.0 Å². The maximum atomic E-state index is 11.6. The van der Waals surface area contributed by atoms with E-state index in [4.69, 9.17) is 9.47 Å². The smallest absolute Gasteiger partial charge is 0.322 e. The van der Waals surface area contributed by atoms with Crippen LogP contribution in [-0.4, -0.2) is 43.1 Å². The quantitative estimate of drug-likeness (QED) is 0.249. The highest BCUT2D eigenvalue weighted by Crippen LogP contribution is 2.10. The van der Waals surface area contributed by atoms with Crippen LogP contribution in [0.2, 0.25) is 0 Å². The van der Waals surface area contributed by atoms with Crippen LogP contribution in [0.25, 0.3) is 0 Å². The van der Waals surface area contributed by atoms with E-state index in [1.165, 1.54) is 0 Å². The van der Waals surface area contributed by atoms with Crippen molar-refractivity contribution in [2.75, 3.05) is 13.2 Å². The molecule has 28 heavy (non-hydrogen) atoms. The molecule has 1 heterocycles. The summed E-state index contributed by atoms with van der Waals surface area (Å²) in [5.41, 5.74) is 0. The van der Waals surface area contributed by atoms with E-state index in [1.54, 1.807) is 0 Å². The average molecular weight is 399 g/mol. The van der Waals surface area contributed by atoms with Crippen molar-refractivity contribution >= 4 is 23.9 Å². The van der Waals surface area contributed by atoms with Crippen molar-refractivity contribution in [1.82, 2.24) is 10.6 Å². The largest absolute Gasteiger partial charge is 0.466 e. The monoisotopic (exact) mass is 398 g/mol. The maximum Gasteiger partial charge on any atom is 0.322 e. The molecule has 0 aromatic heterocycles. The highest BCUT2D eigenvalue weighted by atomic mass is 16.5. The molecule has 0 saturated carbocycles. The van der Waals surface area contributed by atoms with Crippen LogP contribution in [0.1, 0.15) is 78.1 Å². The van der Waals surface area contributed by atoms with Gasteiger partial charge in [-0.3, -0.25) is 19.7 Å². The molecular formula is C20H34N2O6. The zero-order chi connectivity index (χ0) is 20.8. The van der Waals surface area contributed by atoms with Gasteiger partial charge in [0.1, 0.15) is 6.04 Å². The van der Waals surface area contributed by atoms with Crippen molar-refractivity contribution < 1.29 is 28.7 Å². The summed E-state index contributed by atoms with van der Waals surface area (Å²) in [5.74, 6) is -0.922. The molecular weight excluding hydrogens is 364 g/mol. The molecule has 0 aromatic carbocycles. The first-order valence-corrected chi connectivity index (χ1v) is 10.3. The Labute approximate surface area is 167 Å². The Kier molecular flexibility index (Phi) is 11.9. The summed E-state index contributed by atoms with van der Waals surface area (Å²) in [6, 6.07) is -1.15. The standard InChI is InChI=1S/C20H34N2O6/c1-15(2)19(25)28-14-10-8-6-4-3-5-7-9-13-27-17(23)12-11-16-18(24)22-20(26)21-16/h15-16H,3-14H2,1-2H3,(H2,21,22,24,26). The van der Waals surface area contributed by atoms with Crippen molar-refractivity contribution in [2.24, 2.45) is 5.92 Å². The number of amides is 3. The van der Waals surface area contributed by atoms with E-state index in [0.717, 1.165) is 51.4 Å². The number of esters is 2. The molecule has 0 aromatic rings. The number of hydrogen-bond donors (Lipinski definition) is 2. The predicted molar refractivity (Wildman–Crippen MR) is 103 cm³/mol. The van der Waals surface area contributed by atoms with Crippen LogP contribution in [0.5, 0.6) is 0 Å². The van der Waals surface area contributed by atoms with Crippen LogP contribution >= 0.6 is 0 Å². The molecule has 1 aliphatic heterocycles. The van der Waals surface area contributed by atoms with Gasteiger partial charge < -0.3 is 14.8 Å². The molecule has 1 rings (SSSR count). The molecule has 8 heteroatoms. The first-order chi connectivity index (χ1) is 13.4. The molecule has 1 fully saturated rings. The van der Waals surface area contributed by atoms with Crippen molar-refractivity contribution in [3.8, 4) is 0 Å². The molecule has 0 bridgehead atoms. The second-order valence-corrected chi connectivity index (χ2v) is 7.43. The van der Waals surface area contributed by atoms with Crippen LogP contribution in [0.15, 0.2) is 0 Å². The lowest BCUT2D eigenvalue weighted by molar-refractivity contribution is -0.147.